The maximum Gasteiger partial charge on any atom is 0.0952 e. The van der Waals surface area contributed by atoms with Crippen LogP contribution in [0.25, 0.3) is 0 Å². The van der Waals surface area contributed by atoms with Crippen molar-refractivity contribution in [2.45, 2.75) is 45.8 Å². The average molecular weight is 235 g/mol. The second kappa shape index (κ2) is 7.46. The number of nitrogens with one attached hydrogen (secondary N) is 1. The molecule has 0 heterocycles. The number of ether oxygens (including phenoxy) is 1. The van der Waals surface area contributed by atoms with E-state index in [2.05, 4.69) is 50.4 Å². The van der Waals surface area contributed by atoms with E-state index < -0.39 is 0 Å². The number of likely N-dealkylation sites (N-methyl/N-ethyl adjacent to an activating group) is 1. The fraction of sp³-hybridized carbons (Fsp3) is 0.600. The first-order valence-corrected chi connectivity index (χ1v) is 6.54. The van der Waals surface area contributed by atoms with Crippen LogP contribution < -0.4 is 5.32 Å². The Hall–Kier alpha value is -0.860. The SMILES string of the molecule is CCCC(C)OC(CNC)c1cccc(C)c1. The van der Waals surface area contributed by atoms with Crippen LogP contribution in [0.15, 0.2) is 24.3 Å². The summed E-state index contributed by atoms with van der Waals surface area (Å²) in [7, 11) is 1.97. The summed E-state index contributed by atoms with van der Waals surface area (Å²) < 4.78 is 6.11. The van der Waals surface area contributed by atoms with Crippen molar-refractivity contribution in [3.05, 3.63) is 35.4 Å². The highest BCUT2D eigenvalue weighted by Crippen LogP contribution is 2.21. The Morgan fingerprint density at radius 1 is 1.35 bits per heavy atom. The fourth-order valence-electron chi connectivity index (χ4n) is 2.06. The van der Waals surface area contributed by atoms with Crippen molar-refractivity contribution < 1.29 is 4.74 Å². The summed E-state index contributed by atoms with van der Waals surface area (Å²) in [6.45, 7) is 7.33. The monoisotopic (exact) mass is 235 g/mol. The van der Waals surface area contributed by atoms with E-state index >= 15 is 0 Å². The van der Waals surface area contributed by atoms with Gasteiger partial charge in [0.15, 0.2) is 0 Å². The van der Waals surface area contributed by atoms with Crippen molar-refractivity contribution in [1.82, 2.24) is 5.32 Å². The second-order valence-electron chi connectivity index (χ2n) is 4.70. The van der Waals surface area contributed by atoms with Crippen molar-refractivity contribution in [3.8, 4) is 0 Å². The Bertz CT molecular complexity index is 324. The van der Waals surface area contributed by atoms with Crippen LogP contribution in [0.5, 0.6) is 0 Å². The number of benzene rings is 1. The van der Waals surface area contributed by atoms with Crippen LogP contribution in [0.2, 0.25) is 0 Å². The van der Waals surface area contributed by atoms with Crippen LogP contribution >= 0.6 is 0 Å². The molecule has 0 amide bonds. The van der Waals surface area contributed by atoms with Crippen LogP contribution in [0.3, 0.4) is 0 Å². The minimum atomic E-state index is 0.154. The van der Waals surface area contributed by atoms with Crippen molar-refractivity contribution in [2.24, 2.45) is 0 Å². The summed E-state index contributed by atoms with van der Waals surface area (Å²) in [4.78, 5) is 0. The molecule has 2 unspecified atom stereocenters. The van der Waals surface area contributed by atoms with Gasteiger partial charge in [-0.15, -0.1) is 0 Å². The van der Waals surface area contributed by atoms with Gasteiger partial charge in [-0.2, -0.15) is 0 Å². The predicted octanol–water partition coefficient (Wildman–Crippen LogP) is 3.46. The van der Waals surface area contributed by atoms with E-state index in [1.165, 1.54) is 17.5 Å². The Labute approximate surface area is 105 Å². The van der Waals surface area contributed by atoms with Gasteiger partial charge in [0.2, 0.25) is 0 Å². The molecule has 96 valence electrons. The zero-order valence-electron chi connectivity index (χ0n) is 11.5. The summed E-state index contributed by atoms with van der Waals surface area (Å²) in [5, 5.41) is 3.21. The lowest BCUT2D eigenvalue weighted by Gasteiger charge is -2.23. The third kappa shape index (κ3) is 4.88. The van der Waals surface area contributed by atoms with Crippen LogP contribution in [0.4, 0.5) is 0 Å². The van der Waals surface area contributed by atoms with Gasteiger partial charge >= 0.3 is 0 Å². The topological polar surface area (TPSA) is 21.3 Å². The first kappa shape index (κ1) is 14.2. The predicted molar refractivity (Wildman–Crippen MR) is 73.3 cm³/mol. The molecular formula is C15H25NO. The van der Waals surface area contributed by atoms with Crippen molar-refractivity contribution in [3.63, 3.8) is 0 Å². The molecule has 0 aromatic heterocycles. The minimum absolute atomic E-state index is 0.154. The molecule has 1 aromatic carbocycles. The highest BCUT2D eigenvalue weighted by atomic mass is 16.5. The maximum atomic E-state index is 6.11. The molecule has 1 aromatic rings. The molecule has 0 bridgehead atoms. The lowest BCUT2D eigenvalue weighted by molar-refractivity contribution is -0.00634. The van der Waals surface area contributed by atoms with Crippen molar-refractivity contribution >= 4 is 0 Å². The lowest BCUT2D eigenvalue weighted by Crippen LogP contribution is -2.23. The summed E-state index contributed by atoms with van der Waals surface area (Å²) in [6.07, 6.45) is 2.76. The summed E-state index contributed by atoms with van der Waals surface area (Å²) in [5.41, 5.74) is 2.55. The summed E-state index contributed by atoms with van der Waals surface area (Å²) in [5.74, 6) is 0. The Kier molecular flexibility index (Phi) is 6.23. The van der Waals surface area contributed by atoms with Gasteiger partial charge in [0.25, 0.3) is 0 Å². The van der Waals surface area contributed by atoms with E-state index in [-0.39, 0.29) is 6.10 Å². The molecule has 0 radical (unpaired) electrons. The Balaban J connectivity index is 2.71. The highest BCUT2D eigenvalue weighted by molar-refractivity contribution is 5.24. The van der Waals surface area contributed by atoms with E-state index in [0.29, 0.717) is 6.10 Å². The van der Waals surface area contributed by atoms with Crippen LogP contribution in [-0.4, -0.2) is 19.7 Å². The van der Waals surface area contributed by atoms with Crippen LogP contribution in [-0.2, 0) is 4.74 Å². The van der Waals surface area contributed by atoms with Crippen LogP contribution in [0.1, 0.15) is 43.9 Å². The number of rotatable bonds is 7. The van der Waals surface area contributed by atoms with Gasteiger partial charge in [0, 0.05) is 6.54 Å². The van der Waals surface area contributed by atoms with Gasteiger partial charge in [-0.25, -0.2) is 0 Å². The molecule has 2 nitrogen and oxygen atoms in total. The molecule has 0 aliphatic heterocycles. The smallest absolute Gasteiger partial charge is 0.0952 e. The van der Waals surface area contributed by atoms with Gasteiger partial charge in [-0.1, -0.05) is 43.2 Å². The maximum absolute atomic E-state index is 6.11. The van der Waals surface area contributed by atoms with Crippen LogP contribution in [0, 0.1) is 6.92 Å². The zero-order valence-corrected chi connectivity index (χ0v) is 11.5. The molecule has 0 fully saturated rings. The molecule has 0 aliphatic rings. The number of hydrogen-bond acceptors (Lipinski definition) is 2. The normalized spacial score (nSPS) is 14.6. The van der Waals surface area contributed by atoms with Crippen molar-refractivity contribution in [2.75, 3.05) is 13.6 Å². The zero-order chi connectivity index (χ0) is 12.7. The van der Waals surface area contributed by atoms with E-state index in [0.717, 1.165) is 13.0 Å². The number of aryl methyl sites for hydroxylation is 1. The minimum Gasteiger partial charge on any atom is -0.369 e. The van der Waals surface area contributed by atoms with Gasteiger partial charge in [0.05, 0.1) is 12.2 Å². The first-order valence-electron chi connectivity index (χ1n) is 6.54. The fourth-order valence-corrected chi connectivity index (χ4v) is 2.06. The lowest BCUT2D eigenvalue weighted by atomic mass is 10.1. The van der Waals surface area contributed by atoms with Gasteiger partial charge in [-0.3, -0.25) is 0 Å². The quantitative estimate of drug-likeness (QED) is 0.781. The standard InChI is InChI=1S/C15H25NO/c1-5-7-13(3)17-15(11-16-4)14-9-6-8-12(2)10-14/h6,8-10,13,15-16H,5,7,11H2,1-4H3. The van der Waals surface area contributed by atoms with E-state index in [9.17, 15) is 0 Å². The molecule has 1 rings (SSSR count). The van der Waals surface area contributed by atoms with Crippen molar-refractivity contribution in [1.29, 1.82) is 0 Å². The molecule has 0 saturated carbocycles. The van der Waals surface area contributed by atoms with Gasteiger partial charge in [-0.05, 0) is 32.9 Å². The molecule has 1 N–H and O–H groups in total. The van der Waals surface area contributed by atoms with E-state index in [4.69, 9.17) is 4.74 Å². The van der Waals surface area contributed by atoms with E-state index in [1.54, 1.807) is 0 Å². The molecule has 17 heavy (non-hydrogen) atoms. The molecule has 2 atom stereocenters. The third-order valence-electron chi connectivity index (χ3n) is 2.90. The summed E-state index contributed by atoms with van der Waals surface area (Å²) >= 11 is 0. The number of hydrogen-bond donors (Lipinski definition) is 1. The second-order valence-corrected chi connectivity index (χ2v) is 4.70. The summed E-state index contributed by atoms with van der Waals surface area (Å²) in [6, 6.07) is 8.57. The first-order chi connectivity index (χ1) is 8.17. The Morgan fingerprint density at radius 3 is 2.71 bits per heavy atom. The van der Waals surface area contributed by atoms with E-state index in [1.807, 2.05) is 7.05 Å². The molecule has 2 heteroatoms. The van der Waals surface area contributed by atoms with Gasteiger partial charge < -0.3 is 10.1 Å². The average Bonchev–Trinajstić information content (AvgIpc) is 2.29. The molecule has 0 saturated heterocycles. The highest BCUT2D eigenvalue weighted by Gasteiger charge is 2.14. The largest absolute Gasteiger partial charge is 0.369 e. The van der Waals surface area contributed by atoms with Gasteiger partial charge in [0.1, 0.15) is 0 Å². The molecule has 0 aliphatic carbocycles. The Morgan fingerprint density at radius 2 is 2.12 bits per heavy atom. The third-order valence-corrected chi connectivity index (χ3v) is 2.90. The molecular weight excluding hydrogens is 210 g/mol. The molecule has 0 spiro atoms.